The molecule has 1 heterocycles. The third-order valence-corrected chi connectivity index (χ3v) is 5.88. The molecule has 4 rings (SSSR count). The highest BCUT2D eigenvalue weighted by Crippen LogP contribution is 2.44. The van der Waals surface area contributed by atoms with Gasteiger partial charge in [0.05, 0.1) is 13.2 Å². The standard InChI is InChI=1S/C24H19BrClNO3/c1-30-20-11-7-16(8-12-20)21-22(17-3-2-4-18(25)13-17)27(24(29)23(21)28)14-15-5-9-19(26)10-6-15/h2-13,22,28H,14H2,1H3/t22-/m1/s1. The van der Waals surface area contributed by atoms with E-state index in [1.807, 2.05) is 60.7 Å². The quantitative estimate of drug-likeness (QED) is 0.471. The second-order valence-electron chi connectivity index (χ2n) is 7.01. The molecule has 6 heteroatoms. The van der Waals surface area contributed by atoms with Crippen LogP contribution in [0.5, 0.6) is 5.75 Å². The Labute approximate surface area is 188 Å². The minimum Gasteiger partial charge on any atom is -0.503 e. The Morgan fingerprint density at radius 2 is 1.77 bits per heavy atom. The minimum absolute atomic E-state index is 0.237. The van der Waals surface area contributed by atoms with Crippen molar-refractivity contribution in [1.82, 2.24) is 4.90 Å². The highest BCUT2D eigenvalue weighted by molar-refractivity contribution is 9.10. The first-order chi connectivity index (χ1) is 14.5. The lowest BCUT2D eigenvalue weighted by molar-refractivity contribution is -0.130. The van der Waals surface area contributed by atoms with E-state index >= 15 is 0 Å². The fourth-order valence-electron chi connectivity index (χ4n) is 3.69. The summed E-state index contributed by atoms with van der Waals surface area (Å²) in [6.45, 7) is 0.344. The number of hydrogen-bond acceptors (Lipinski definition) is 3. The van der Waals surface area contributed by atoms with Crippen LogP contribution in [0.3, 0.4) is 0 Å². The summed E-state index contributed by atoms with van der Waals surface area (Å²) in [7, 11) is 1.60. The van der Waals surface area contributed by atoms with Gasteiger partial charge in [-0.1, -0.05) is 63.9 Å². The van der Waals surface area contributed by atoms with Crippen molar-refractivity contribution in [1.29, 1.82) is 0 Å². The third kappa shape index (κ3) is 3.95. The first kappa shape index (κ1) is 20.5. The Bertz CT molecular complexity index is 1110. The van der Waals surface area contributed by atoms with Crippen LogP contribution in [-0.4, -0.2) is 23.0 Å². The monoisotopic (exact) mass is 483 g/mol. The summed E-state index contributed by atoms with van der Waals surface area (Å²) in [5, 5.41) is 11.5. The van der Waals surface area contributed by atoms with Crippen LogP contribution in [-0.2, 0) is 11.3 Å². The van der Waals surface area contributed by atoms with Crippen LogP contribution < -0.4 is 4.74 Å². The number of carbonyl (C=O) groups excluding carboxylic acids is 1. The molecule has 0 saturated heterocycles. The average molecular weight is 485 g/mol. The summed E-state index contributed by atoms with van der Waals surface area (Å²) in [4.78, 5) is 14.8. The van der Waals surface area contributed by atoms with Crippen LogP contribution in [0.1, 0.15) is 22.7 Å². The number of ether oxygens (including phenoxy) is 1. The molecule has 0 radical (unpaired) electrons. The maximum absolute atomic E-state index is 13.1. The molecule has 3 aromatic carbocycles. The Balaban J connectivity index is 1.80. The zero-order valence-corrected chi connectivity index (χ0v) is 18.5. The number of carbonyl (C=O) groups is 1. The van der Waals surface area contributed by atoms with Crippen LogP contribution in [0.25, 0.3) is 5.57 Å². The van der Waals surface area contributed by atoms with E-state index in [1.54, 1.807) is 24.1 Å². The van der Waals surface area contributed by atoms with Crippen LogP contribution in [0.15, 0.2) is 83.0 Å². The predicted molar refractivity (Wildman–Crippen MR) is 121 cm³/mol. The van der Waals surface area contributed by atoms with E-state index in [9.17, 15) is 9.90 Å². The summed E-state index contributed by atoms with van der Waals surface area (Å²) in [6, 6.07) is 22.1. The largest absolute Gasteiger partial charge is 0.503 e. The fraction of sp³-hybridized carbons (Fsp3) is 0.125. The second-order valence-corrected chi connectivity index (χ2v) is 8.36. The number of hydrogen-bond donors (Lipinski definition) is 1. The van der Waals surface area contributed by atoms with Gasteiger partial charge in [0.1, 0.15) is 5.75 Å². The third-order valence-electron chi connectivity index (χ3n) is 5.14. The van der Waals surface area contributed by atoms with Gasteiger partial charge in [0, 0.05) is 21.6 Å². The molecule has 1 amide bonds. The Kier molecular flexibility index (Phi) is 5.84. The molecule has 0 spiro atoms. The van der Waals surface area contributed by atoms with Crippen LogP contribution in [0.4, 0.5) is 0 Å². The molecule has 0 aromatic heterocycles. The van der Waals surface area contributed by atoms with Crippen molar-refractivity contribution in [2.75, 3.05) is 7.11 Å². The molecule has 3 aromatic rings. The number of rotatable bonds is 5. The highest BCUT2D eigenvalue weighted by atomic mass is 79.9. The lowest BCUT2D eigenvalue weighted by Gasteiger charge is -2.27. The summed E-state index contributed by atoms with van der Waals surface area (Å²) in [5.74, 6) is 0.0695. The van der Waals surface area contributed by atoms with Gasteiger partial charge in [-0.3, -0.25) is 4.79 Å². The Morgan fingerprint density at radius 3 is 2.40 bits per heavy atom. The van der Waals surface area contributed by atoms with Crippen molar-refractivity contribution in [3.8, 4) is 5.75 Å². The van der Waals surface area contributed by atoms with Gasteiger partial charge in [0.15, 0.2) is 5.76 Å². The lowest BCUT2D eigenvalue weighted by atomic mass is 9.93. The van der Waals surface area contributed by atoms with Gasteiger partial charge in [0.25, 0.3) is 5.91 Å². The zero-order valence-electron chi connectivity index (χ0n) is 16.2. The summed E-state index contributed by atoms with van der Waals surface area (Å²) >= 11 is 9.52. The first-order valence-corrected chi connectivity index (χ1v) is 10.5. The van der Waals surface area contributed by atoms with Gasteiger partial charge < -0.3 is 14.7 Å². The van der Waals surface area contributed by atoms with Crippen molar-refractivity contribution in [2.24, 2.45) is 0 Å². The topological polar surface area (TPSA) is 49.8 Å². The summed E-state index contributed by atoms with van der Waals surface area (Å²) < 4.78 is 6.15. The predicted octanol–water partition coefficient (Wildman–Crippen LogP) is 6.16. The zero-order chi connectivity index (χ0) is 21.3. The molecular weight excluding hydrogens is 466 g/mol. The van der Waals surface area contributed by atoms with E-state index < -0.39 is 11.9 Å². The average Bonchev–Trinajstić information content (AvgIpc) is 3.00. The normalized spacial score (nSPS) is 16.3. The van der Waals surface area contributed by atoms with Gasteiger partial charge in [-0.15, -0.1) is 0 Å². The number of amides is 1. The maximum atomic E-state index is 13.1. The molecule has 4 nitrogen and oxygen atoms in total. The van der Waals surface area contributed by atoms with Crippen molar-refractivity contribution in [3.05, 3.63) is 105 Å². The SMILES string of the molecule is COc1ccc(C2=C(O)C(=O)N(Cc3ccc(Cl)cc3)[C@@H]2c2cccc(Br)c2)cc1. The van der Waals surface area contributed by atoms with Crippen molar-refractivity contribution < 1.29 is 14.6 Å². The second kappa shape index (κ2) is 8.54. The Morgan fingerprint density at radius 1 is 1.07 bits per heavy atom. The van der Waals surface area contributed by atoms with Gasteiger partial charge in [-0.05, 0) is 53.1 Å². The van der Waals surface area contributed by atoms with E-state index in [-0.39, 0.29) is 5.76 Å². The fourth-order valence-corrected chi connectivity index (χ4v) is 4.23. The van der Waals surface area contributed by atoms with Crippen LogP contribution in [0.2, 0.25) is 5.02 Å². The molecule has 1 N–H and O–H groups in total. The number of methoxy groups -OCH3 is 1. The van der Waals surface area contributed by atoms with E-state index in [0.29, 0.717) is 22.9 Å². The van der Waals surface area contributed by atoms with Crippen molar-refractivity contribution >= 4 is 39.0 Å². The van der Waals surface area contributed by atoms with Gasteiger partial charge in [-0.25, -0.2) is 0 Å². The number of halogens is 2. The molecule has 0 bridgehead atoms. The minimum atomic E-state index is -0.431. The van der Waals surface area contributed by atoms with Crippen molar-refractivity contribution in [2.45, 2.75) is 12.6 Å². The van der Waals surface area contributed by atoms with Crippen LogP contribution >= 0.6 is 27.5 Å². The molecule has 1 aliphatic heterocycles. The molecule has 0 unspecified atom stereocenters. The van der Waals surface area contributed by atoms with Gasteiger partial charge >= 0.3 is 0 Å². The summed E-state index contributed by atoms with van der Waals surface area (Å²) in [6.07, 6.45) is 0. The van der Waals surface area contributed by atoms with E-state index in [0.717, 1.165) is 21.2 Å². The molecule has 0 aliphatic carbocycles. The first-order valence-electron chi connectivity index (χ1n) is 9.36. The van der Waals surface area contributed by atoms with E-state index in [1.165, 1.54) is 0 Å². The maximum Gasteiger partial charge on any atom is 0.290 e. The number of nitrogens with zero attached hydrogens (tertiary/aromatic N) is 1. The molecule has 152 valence electrons. The summed E-state index contributed by atoms with van der Waals surface area (Å²) in [5.41, 5.74) is 3.18. The molecule has 0 saturated carbocycles. The highest BCUT2D eigenvalue weighted by Gasteiger charge is 2.41. The number of aliphatic hydroxyl groups excluding tert-OH is 1. The molecule has 1 atom stereocenters. The van der Waals surface area contributed by atoms with E-state index in [4.69, 9.17) is 16.3 Å². The number of benzene rings is 3. The Hall–Kier alpha value is -2.76. The number of aliphatic hydroxyl groups is 1. The van der Waals surface area contributed by atoms with E-state index in [2.05, 4.69) is 15.9 Å². The van der Waals surface area contributed by atoms with Crippen LogP contribution in [0, 0.1) is 0 Å². The lowest BCUT2D eigenvalue weighted by Crippen LogP contribution is -2.29. The molecule has 30 heavy (non-hydrogen) atoms. The molecule has 0 fully saturated rings. The molecule has 1 aliphatic rings. The van der Waals surface area contributed by atoms with Gasteiger partial charge in [-0.2, -0.15) is 0 Å². The van der Waals surface area contributed by atoms with Crippen molar-refractivity contribution in [3.63, 3.8) is 0 Å². The van der Waals surface area contributed by atoms with Gasteiger partial charge in [0.2, 0.25) is 0 Å². The molecular formula is C24H19BrClNO3. The smallest absolute Gasteiger partial charge is 0.290 e.